The molecule has 0 aliphatic carbocycles. The number of carboxylic acid groups (broad SMARTS) is 1. The van der Waals surface area contributed by atoms with Gasteiger partial charge in [-0.2, -0.15) is 0 Å². The number of fused-ring (bicyclic) bond motifs is 1. The lowest BCUT2D eigenvalue weighted by molar-refractivity contribution is 0.0701. The van der Waals surface area contributed by atoms with E-state index in [-0.39, 0.29) is 10.4 Å². The number of carbonyl (C=O) groups is 1. The van der Waals surface area contributed by atoms with Crippen molar-refractivity contribution in [3.8, 4) is 0 Å². The van der Waals surface area contributed by atoms with Crippen molar-refractivity contribution >= 4 is 27.5 Å². The summed E-state index contributed by atoms with van der Waals surface area (Å²) in [7, 11) is 0. The summed E-state index contributed by atoms with van der Waals surface area (Å²) in [5, 5.41) is 9.34. The van der Waals surface area contributed by atoms with Crippen LogP contribution in [0, 0.1) is 6.92 Å². The van der Waals surface area contributed by atoms with Gasteiger partial charge in [-0.1, -0.05) is 0 Å². The van der Waals surface area contributed by atoms with E-state index in [4.69, 9.17) is 10.8 Å². The lowest BCUT2D eigenvalue weighted by Gasteiger charge is -1.97. The van der Waals surface area contributed by atoms with Crippen molar-refractivity contribution in [1.82, 2.24) is 9.97 Å². The minimum Gasteiger partial charge on any atom is -0.477 e. The molecule has 2 rings (SSSR count). The predicted molar refractivity (Wildman–Crippen MR) is 64.7 cm³/mol. The number of hydrogen-bond acceptors (Lipinski definition) is 5. The first-order valence-corrected chi connectivity index (χ1v) is 5.82. The van der Waals surface area contributed by atoms with Crippen LogP contribution in [0.25, 0.3) is 10.2 Å². The molecule has 0 amide bonds. The van der Waals surface area contributed by atoms with Gasteiger partial charge in [0.1, 0.15) is 15.5 Å². The molecule has 2 aromatic heterocycles. The fraction of sp³-hybridized carbons (Fsp3) is 0.300. The summed E-state index contributed by atoms with van der Waals surface area (Å²) in [4.78, 5) is 30.2. The van der Waals surface area contributed by atoms with Crippen LogP contribution in [0.1, 0.15) is 21.1 Å². The van der Waals surface area contributed by atoms with Gasteiger partial charge in [-0.15, -0.1) is 11.3 Å². The summed E-state index contributed by atoms with van der Waals surface area (Å²) in [5.74, 6) is -0.548. The number of thiophene rings is 1. The van der Waals surface area contributed by atoms with E-state index in [0.29, 0.717) is 34.6 Å². The van der Waals surface area contributed by atoms with Gasteiger partial charge in [-0.05, 0) is 19.0 Å². The molecule has 0 radical (unpaired) electrons. The maximum absolute atomic E-state index is 11.8. The number of H-pyrrole nitrogens is 1. The summed E-state index contributed by atoms with van der Waals surface area (Å²) in [6, 6.07) is 0. The van der Waals surface area contributed by atoms with Crippen molar-refractivity contribution in [2.24, 2.45) is 5.73 Å². The highest BCUT2D eigenvalue weighted by Crippen LogP contribution is 2.26. The summed E-state index contributed by atoms with van der Waals surface area (Å²) < 4.78 is 0. The number of aryl methyl sites for hydroxylation is 1. The van der Waals surface area contributed by atoms with Gasteiger partial charge in [-0.25, -0.2) is 9.78 Å². The van der Waals surface area contributed by atoms with E-state index in [1.807, 2.05) is 0 Å². The highest BCUT2D eigenvalue weighted by Gasteiger charge is 2.18. The molecule has 17 heavy (non-hydrogen) atoms. The Kier molecular flexibility index (Phi) is 2.95. The summed E-state index contributed by atoms with van der Waals surface area (Å²) in [5.41, 5.74) is 5.54. The molecule has 0 aliphatic rings. The molecule has 0 bridgehead atoms. The van der Waals surface area contributed by atoms with Gasteiger partial charge in [0.25, 0.3) is 5.56 Å². The number of rotatable bonds is 3. The molecule has 0 aliphatic heterocycles. The van der Waals surface area contributed by atoms with Gasteiger partial charge < -0.3 is 15.8 Å². The van der Waals surface area contributed by atoms with E-state index in [2.05, 4.69) is 9.97 Å². The van der Waals surface area contributed by atoms with E-state index in [0.717, 1.165) is 11.3 Å². The zero-order valence-corrected chi connectivity index (χ0v) is 9.93. The van der Waals surface area contributed by atoms with E-state index in [1.54, 1.807) is 6.92 Å². The molecule has 2 heterocycles. The molecule has 0 saturated carbocycles. The number of aromatic amines is 1. The second kappa shape index (κ2) is 4.27. The van der Waals surface area contributed by atoms with Crippen LogP contribution in [0.4, 0.5) is 0 Å². The van der Waals surface area contributed by atoms with Crippen molar-refractivity contribution in [2.75, 3.05) is 6.54 Å². The number of aromatic carboxylic acids is 1. The van der Waals surface area contributed by atoms with Crippen LogP contribution in [-0.4, -0.2) is 27.6 Å². The Labute approximate surface area is 100 Å². The van der Waals surface area contributed by atoms with Crippen molar-refractivity contribution in [3.63, 3.8) is 0 Å². The largest absolute Gasteiger partial charge is 0.477 e. The SMILES string of the molecule is Cc1c(C(=O)O)sc2nc(CCN)[nH]c(=O)c12. The molecule has 0 atom stereocenters. The Morgan fingerprint density at radius 1 is 1.59 bits per heavy atom. The maximum atomic E-state index is 11.8. The van der Waals surface area contributed by atoms with Crippen LogP contribution in [0.3, 0.4) is 0 Å². The third kappa shape index (κ3) is 1.94. The fourth-order valence-electron chi connectivity index (χ4n) is 1.65. The number of aromatic nitrogens is 2. The highest BCUT2D eigenvalue weighted by atomic mass is 32.1. The number of nitrogens with two attached hydrogens (primary N) is 1. The average Bonchev–Trinajstić information content (AvgIpc) is 2.56. The summed E-state index contributed by atoms with van der Waals surface area (Å²) >= 11 is 1.01. The van der Waals surface area contributed by atoms with Crippen molar-refractivity contribution in [1.29, 1.82) is 0 Å². The van der Waals surface area contributed by atoms with Gasteiger partial charge in [0.05, 0.1) is 5.39 Å². The number of nitrogens with zero attached hydrogens (tertiary/aromatic N) is 1. The first-order chi connectivity index (χ1) is 8.04. The molecular formula is C10H11N3O3S. The zero-order valence-electron chi connectivity index (χ0n) is 9.11. The third-order valence-electron chi connectivity index (χ3n) is 2.42. The second-order valence-electron chi connectivity index (χ2n) is 3.59. The van der Waals surface area contributed by atoms with Gasteiger partial charge in [-0.3, -0.25) is 4.79 Å². The van der Waals surface area contributed by atoms with Crippen LogP contribution in [0.15, 0.2) is 4.79 Å². The molecule has 0 aromatic carbocycles. The smallest absolute Gasteiger partial charge is 0.346 e. The van der Waals surface area contributed by atoms with Crippen LogP contribution in [0.2, 0.25) is 0 Å². The molecule has 0 unspecified atom stereocenters. The van der Waals surface area contributed by atoms with Crippen LogP contribution >= 0.6 is 11.3 Å². The third-order valence-corrected chi connectivity index (χ3v) is 3.60. The van der Waals surface area contributed by atoms with Crippen LogP contribution in [-0.2, 0) is 6.42 Å². The van der Waals surface area contributed by atoms with Crippen molar-refractivity contribution in [3.05, 3.63) is 26.6 Å². The minimum atomic E-state index is -1.04. The number of hydrogen-bond donors (Lipinski definition) is 3. The van der Waals surface area contributed by atoms with Gasteiger partial charge in [0.2, 0.25) is 0 Å². The monoisotopic (exact) mass is 253 g/mol. The van der Waals surface area contributed by atoms with Gasteiger partial charge >= 0.3 is 5.97 Å². The highest BCUT2D eigenvalue weighted by molar-refractivity contribution is 7.20. The summed E-state index contributed by atoms with van der Waals surface area (Å²) in [6.45, 7) is 1.99. The fourth-order valence-corrected chi connectivity index (χ4v) is 2.69. The van der Waals surface area contributed by atoms with Crippen molar-refractivity contribution < 1.29 is 9.90 Å². The Hall–Kier alpha value is -1.73. The molecule has 0 saturated heterocycles. The van der Waals surface area contributed by atoms with E-state index < -0.39 is 5.97 Å². The molecule has 0 fully saturated rings. The number of carboxylic acids is 1. The van der Waals surface area contributed by atoms with Gasteiger partial charge in [0, 0.05) is 6.42 Å². The second-order valence-corrected chi connectivity index (χ2v) is 4.59. The normalized spacial score (nSPS) is 10.9. The van der Waals surface area contributed by atoms with E-state index in [1.165, 1.54) is 0 Å². The first-order valence-electron chi connectivity index (χ1n) is 5.00. The van der Waals surface area contributed by atoms with E-state index in [9.17, 15) is 9.59 Å². The van der Waals surface area contributed by atoms with Crippen LogP contribution in [0.5, 0.6) is 0 Å². The molecule has 7 heteroatoms. The standard InChI is InChI=1S/C10H11N3O3S/c1-4-6-8(14)12-5(2-3-11)13-9(6)17-7(4)10(15)16/h2-3,11H2,1H3,(H,15,16)(H,12,13,14). The van der Waals surface area contributed by atoms with E-state index >= 15 is 0 Å². The van der Waals surface area contributed by atoms with Crippen molar-refractivity contribution in [2.45, 2.75) is 13.3 Å². The predicted octanol–water partition coefficient (Wildman–Crippen LogP) is 0.492. The Morgan fingerprint density at radius 2 is 2.29 bits per heavy atom. The lowest BCUT2D eigenvalue weighted by Crippen LogP contribution is -2.14. The molecule has 0 spiro atoms. The quantitative estimate of drug-likeness (QED) is 0.737. The Balaban J connectivity index is 2.74. The molecular weight excluding hydrogens is 242 g/mol. The molecule has 6 nitrogen and oxygen atoms in total. The zero-order chi connectivity index (χ0) is 12.6. The summed E-state index contributed by atoms with van der Waals surface area (Å²) in [6.07, 6.45) is 0.463. The maximum Gasteiger partial charge on any atom is 0.346 e. The van der Waals surface area contributed by atoms with Crippen LogP contribution < -0.4 is 11.3 Å². The molecule has 4 N–H and O–H groups in total. The topological polar surface area (TPSA) is 109 Å². The minimum absolute atomic E-state index is 0.155. The number of nitrogens with one attached hydrogen (secondary N) is 1. The van der Waals surface area contributed by atoms with Gasteiger partial charge in [0.15, 0.2) is 0 Å². The average molecular weight is 253 g/mol. The Bertz CT molecular complexity index is 644. The Morgan fingerprint density at radius 3 is 2.88 bits per heavy atom. The lowest BCUT2D eigenvalue weighted by atomic mass is 10.2. The first kappa shape index (κ1) is 11.7. The molecule has 2 aromatic rings. The molecule has 90 valence electrons.